The molecule has 22 heavy (non-hydrogen) atoms. The highest BCUT2D eigenvalue weighted by Gasteiger charge is 2.25. The summed E-state index contributed by atoms with van der Waals surface area (Å²) in [5.74, 6) is 0.145. The Kier molecular flexibility index (Phi) is 6.34. The summed E-state index contributed by atoms with van der Waals surface area (Å²) < 4.78 is 5.74. The summed E-state index contributed by atoms with van der Waals surface area (Å²) in [6.07, 6.45) is 3.04. The quantitative estimate of drug-likeness (QED) is 0.800. The molecule has 1 aliphatic heterocycles. The van der Waals surface area contributed by atoms with E-state index in [0.717, 1.165) is 25.2 Å². The van der Waals surface area contributed by atoms with Crippen LogP contribution in [0.3, 0.4) is 0 Å². The number of morpholine rings is 1. The topological polar surface area (TPSA) is 45.7 Å². The van der Waals surface area contributed by atoms with E-state index in [2.05, 4.69) is 23.7 Å². The molecule has 2 heterocycles. The highest BCUT2D eigenvalue weighted by Crippen LogP contribution is 2.12. The van der Waals surface area contributed by atoms with Crippen LogP contribution in [0.25, 0.3) is 0 Å². The van der Waals surface area contributed by atoms with Crippen LogP contribution in [0.2, 0.25) is 0 Å². The second kappa shape index (κ2) is 8.25. The molecule has 1 atom stereocenters. The molecule has 0 radical (unpaired) electrons. The molecule has 1 aliphatic rings. The molecule has 1 amide bonds. The highest BCUT2D eigenvalue weighted by atomic mass is 16.5. The third-order valence-electron chi connectivity index (χ3n) is 4.16. The number of rotatable bonds is 6. The molecule has 0 N–H and O–H groups in total. The zero-order valence-electron chi connectivity index (χ0n) is 13.9. The summed E-state index contributed by atoms with van der Waals surface area (Å²) >= 11 is 0. The number of likely N-dealkylation sites (N-methyl/N-ethyl adjacent to an activating group) is 1. The molecule has 5 heteroatoms. The minimum Gasteiger partial charge on any atom is -0.375 e. The molecule has 5 nitrogen and oxygen atoms in total. The van der Waals surface area contributed by atoms with Crippen molar-refractivity contribution in [2.24, 2.45) is 0 Å². The van der Waals surface area contributed by atoms with Crippen LogP contribution in [0, 0.1) is 0 Å². The van der Waals surface area contributed by atoms with Crippen LogP contribution >= 0.6 is 0 Å². The minimum atomic E-state index is 0.0148. The van der Waals surface area contributed by atoms with Crippen LogP contribution in [0.4, 0.5) is 0 Å². The summed E-state index contributed by atoms with van der Waals surface area (Å²) in [7, 11) is 1.86. The summed E-state index contributed by atoms with van der Waals surface area (Å²) in [6.45, 7) is 7.58. The predicted octanol–water partition coefficient (Wildman–Crippen LogP) is 1.58. The number of carbonyl (C=O) groups excluding carboxylic acids is 1. The maximum absolute atomic E-state index is 12.3. The molecule has 0 aromatic carbocycles. The lowest BCUT2D eigenvalue weighted by molar-refractivity contribution is -0.135. The first-order valence-corrected chi connectivity index (χ1v) is 8.05. The third kappa shape index (κ3) is 5.07. The van der Waals surface area contributed by atoms with Crippen LogP contribution in [-0.2, 0) is 16.0 Å². The first-order chi connectivity index (χ1) is 10.6. The number of aromatic nitrogens is 1. The van der Waals surface area contributed by atoms with Gasteiger partial charge < -0.3 is 9.64 Å². The van der Waals surface area contributed by atoms with Gasteiger partial charge in [0.1, 0.15) is 0 Å². The maximum atomic E-state index is 12.3. The van der Waals surface area contributed by atoms with Gasteiger partial charge in [0.05, 0.1) is 19.1 Å². The van der Waals surface area contributed by atoms with Gasteiger partial charge in [0.2, 0.25) is 5.91 Å². The van der Waals surface area contributed by atoms with Gasteiger partial charge in [-0.1, -0.05) is 6.07 Å². The molecular weight excluding hydrogens is 278 g/mol. The Bertz CT molecular complexity index is 464. The average molecular weight is 305 g/mol. The lowest BCUT2D eigenvalue weighted by atomic mass is 10.1. The van der Waals surface area contributed by atoms with Crippen molar-refractivity contribution in [1.29, 1.82) is 0 Å². The SMILES string of the molecule is CC(C)N1CCO[C@H](CC(=O)N(C)CCc2ccccn2)C1. The van der Waals surface area contributed by atoms with Crippen molar-refractivity contribution in [3.63, 3.8) is 0 Å². The lowest BCUT2D eigenvalue weighted by Gasteiger charge is -2.35. The second-order valence-electron chi connectivity index (χ2n) is 6.17. The van der Waals surface area contributed by atoms with E-state index < -0.39 is 0 Å². The van der Waals surface area contributed by atoms with Crippen molar-refractivity contribution in [2.45, 2.75) is 38.8 Å². The summed E-state index contributed by atoms with van der Waals surface area (Å²) in [5.41, 5.74) is 1.02. The monoisotopic (exact) mass is 305 g/mol. The van der Waals surface area contributed by atoms with Crippen molar-refractivity contribution in [3.8, 4) is 0 Å². The van der Waals surface area contributed by atoms with Crippen molar-refractivity contribution >= 4 is 5.91 Å². The van der Waals surface area contributed by atoms with Gasteiger partial charge in [-0.2, -0.15) is 0 Å². The summed E-state index contributed by atoms with van der Waals surface area (Å²) in [5, 5.41) is 0. The lowest BCUT2D eigenvalue weighted by Crippen LogP contribution is -2.47. The van der Waals surface area contributed by atoms with Gasteiger partial charge in [0.15, 0.2) is 0 Å². The molecule has 0 bridgehead atoms. The Labute approximate surface area is 133 Å². The van der Waals surface area contributed by atoms with E-state index in [9.17, 15) is 4.79 Å². The largest absolute Gasteiger partial charge is 0.375 e. The Morgan fingerprint density at radius 1 is 1.50 bits per heavy atom. The van der Waals surface area contributed by atoms with E-state index >= 15 is 0 Å². The van der Waals surface area contributed by atoms with E-state index in [4.69, 9.17) is 4.74 Å². The van der Waals surface area contributed by atoms with Gasteiger partial charge in [-0.3, -0.25) is 14.7 Å². The first-order valence-electron chi connectivity index (χ1n) is 8.05. The second-order valence-corrected chi connectivity index (χ2v) is 6.17. The first kappa shape index (κ1) is 16.9. The smallest absolute Gasteiger partial charge is 0.224 e. The van der Waals surface area contributed by atoms with Crippen LogP contribution in [0.1, 0.15) is 26.0 Å². The maximum Gasteiger partial charge on any atom is 0.224 e. The molecule has 0 aliphatic carbocycles. The Balaban J connectivity index is 1.76. The fraction of sp³-hybridized carbons (Fsp3) is 0.647. The molecule has 0 unspecified atom stereocenters. The number of pyridine rings is 1. The Morgan fingerprint density at radius 2 is 2.32 bits per heavy atom. The van der Waals surface area contributed by atoms with Gasteiger partial charge in [0.25, 0.3) is 0 Å². The summed E-state index contributed by atoms with van der Waals surface area (Å²) in [4.78, 5) is 20.8. The number of amides is 1. The fourth-order valence-corrected chi connectivity index (χ4v) is 2.64. The van der Waals surface area contributed by atoms with Crippen LogP contribution in [0.15, 0.2) is 24.4 Å². The molecule has 0 spiro atoms. The fourth-order valence-electron chi connectivity index (χ4n) is 2.64. The Morgan fingerprint density at radius 3 is 3.00 bits per heavy atom. The zero-order chi connectivity index (χ0) is 15.9. The highest BCUT2D eigenvalue weighted by molar-refractivity contribution is 5.76. The Hall–Kier alpha value is -1.46. The normalized spacial score (nSPS) is 19.4. The number of nitrogens with zero attached hydrogens (tertiary/aromatic N) is 3. The summed E-state index contributed by atoms with van der Waals surface area (Å²) in [6, 6.07) is 6.37. The third-order valence-corrected chi connectivity index (χ3v) is 4.16. The molecule has 2 rings (SSSR count). The van der Waals surface area contributed by atoms with Gasteiger partial charge in [-0.15, -0.1) is 0 Å². The number of carbonyl (C=O) groups is 1. The van der Waals surface area contributed by atoms with E-state index in [0.29, 0.717) is 25.6 Å². The van der Waals surface area contributed by atoms with E-state index in [1.165, 1.54) is 0 Å². The van der Waals surface area contributed by atoms with Gasteiger partial charge >= 0.3 is 0 Å². The average Bonchev–Trinajstić information content (AvgIpc) is 2.53. The van der Waals surface area contributed by atoms with Crippen molar-refractivity contribution in [1.82, 2.24) is 14.8 Å². The van der Waals surface area contributed by atoms with Crippen LogP contribution in [0.5, 0.6) is 0 Å². The van der Waals surface area contributed by atoms with Crippen molar-refractivity contribution in [2.75, 3.05) is 33.3 Å². The van der Waals surface area contributed by atoms with Gasteiger partial charge in [0, 0.05) is 51.0 Å². The number of ether oxygens (including phenoxy) is 1. The molecule has 0 saturated carbocycles. The zero-order valence-corrected chi connectivity index (χ0v) is 13.9. The standard InChI is InChI=1S/C17H27N3O2/c1-14(2)20-10-11-22-16(13-20)12-17(21)19(3)9-7-15-6-4-5-8-18-15/h4-6,8,14,16H,7,9-13H2,1-3H3/t16-/m1/s1. The van der Waals surface area contributed by atoms with Crippen molar-refractivity contribution in [3.05, 3.63) is 30.1 Å². The minimum absolute atomic E-state index is 0.0148. The molecular formula is C17H27N3O2. The van der Waals surface area contributed by atoms with Crippen molar-refractivity contribution < 1.29 is 9.53 Å². The van der Waals surface area contributed by atoms with E-state index in [1.54, 1.807) is 11.1 Å². The van der Waals surface area contributed by atoms with E-state index in [-0.39, 0.29) is 12.0 Å². The molecule has 1 fully saturated rings. The van der Waals surface area contributed by atoms with E-state index in [1.807, 2.05) is 25.2 Å². The van der Waals surface area contributed by atoms with Crippen LogP contribution < -0.4 is 0 Å². The number of hydrogen-bond donors (Lipinski definition) is 0. The van der Waals surface area contributed by atoms with Crippen LogP contribution in [-0.4, -0.2) is 66.1 Å². The molecule has 1 aromatic heterocycles. The number of hydrogen-bond acceptors (Lipinski definition) is 4. The van der Waals surface area contributed by atoms with Gasteiger partial charge in [-0.25, -0.2) is 0 Å². The molecule has 122 valence electrons. The molecule has 1 aromatic rings. The van der Waals surface area contributed by atoms with Gasteiger partial charge in [-0.05, 0) is 26.0 Å². The predicted molar refractivity (Wildman–Crippen MR) is 86.6 cm³/mol. The molecule has 1 saturated heterocycles.